The van der Waals surface area contributed by atoms with Crippen LogP contribution in [0.2, 0.25) is 0 Å². The number of ether oxygens (including phenoxy) is 3. The Morgan fingerprint density at radius 2 is 1.66 bits per heavy atom. The van der Waals surface area contributed by atoms with Crippen molar-refractivity contribution in [2.75, 3.05) is 46.1 Å². The van der Waals surface area contributed by atoms with Gasteiger partial charge in [-0.1, -0.05) is 55.9 Å². The third-order valence-corrected chi connectivity index (χ3v) is 15.8. The molecular formula is C55H76BF2N9O7. The minimum atomic E-state index is -2.66. The number of aromatic nitrogens is 4. The van der Waals surface area contributed by atoms with Crippen LogP contribution < -0.4 is 20.7 Å². The summed E-state index contributed by atoms with van der Waals surface area (Å²) in [4.78, 5) is 62.0. The van der Waals surface area contributed by atoms with Crippen molar-refractivity contribution < 1.29 is 42.0 Å². The first-order chi connectivity index (χ1) is 35.5. The van der Waals surface area contributed by atoms with Gasteiger partial charge >= 0.3 is 7.40 Å². The standard InChI is InChI=1S/C55H76BF2N9O7/c1-35-28-37(3)59-50(35)46(51-36(2)29-38(4)67(51)56(57)58)17-10-8-15-43-32-66(64-63-43)24-27-73-44-20-18-40(19-21-44)30-48(62-53(70)39(5)60-49(68)33-65-22-25-72-26-23-65)54(71)61-47(52(69)55(6)34-74-55)31-42-14-11-13-41-12-7-9-16-45(41)42/h18-21,28-29,32,39,41-42,45,47-48H,7-17,22-27,30-31,33-34H2,1-6H3,(H,60,68)(H,61,71)(H,62,70)/b50-46-/t39-,41?,42?,45?,47-,48-,55+/m0/s1. The zero-order valence-electron chi connectivity index (χ0n) is 44.2. The molecule has 5 heterocycles. The van der Waals surface area contributed by atoms with E-state index in [4.69, 9.17) is 19.2 Å². The Morgan fingerprint density at radius 3 is 2.38 bits per heavy atom. The van der Waals surface area contributed by atoms with E-state index in [1.807, 2.05) is 62.2 Å². The average molecular weight is 1020 g/mol. The van der Waals surface area contributed by atoms with Gasteiger partial charge in [-0.3, -0.25) is 37.7 Å². The van der Waals surface area contributed by atoms with Crippen molar-refractivity contribution in [2.45, 2.75) is 155 Å². The first kappa shape index (κ1) is 54.7. The predicted molar refractivity (Wildman–Crippen MR) is 280 cm³/mol. The zero-order valence-corrected chi connectivity index (χ0v) is 44.2. The summed E-state index contributed by atoms with van der Waals surface area (Å²) in [6.45, 7) is 14.4. The monoisotopic (exact) mass is 1020 g/mol. The fraction of sp³-hybridized carbons (Fsp3) is 0.618. The van der Waals surface area contributed by atoms with Gasteiger partial charge in [-0.05, 0) is 139 Å². The number of fused-ring (bicyclic) bond motifs is 1. The van der Waals surface area contributed by atoms with E-state index in [-0.39, 0.29) is 24.7 Å². The molecule has 2 aromatic heterocycles. The summed E-state index contributed by atoms with van der Waals surface area (Å²) in [5.74, 6) is 0.701. The molecule has 3 aromatic rings. The summed E-state index contributed by atoms with van der Waals surface area (Å²) >= 11 is 0. The van der Waals surface area contributed by atoms with E-state index in [9.17, 15) is 27.8 Å². The Kier molecular flexibility index (Phi) is 18.4. The Bertz CT molecular complexity index is 2560. The maximum Gasteiger partial charge on any atom is 0.677 e. The third kappa shape index (κ3) is 14.0. The van der Waals surface area contributed by atoms with Crippen LogP contribution >= 0.6 is 0 Å². The number of Topliss-reactive ketones (excluding diaryl/α,β-unsaturated/α-hetero) is 1. The smallest absolute Gasteiger partial charge is 0.492 e. The fourth-order valence-corrected chi connectivity index (χ4v) is 11.8. The van der Waals surface area contributed by atoms with E-state index in [2.05, 4.69) is 26.3 Å². The molecule has 19 heteroatoms. The fourth-order valence-electron chi connectivity index (χ4n) is 11.8. The number of amides is 3. The first-order valence-electron chi connectivity index (χ1n) is 27.0. The Hall–Kier alpha value is -5.53. The number of unbranched alkanes of at least 4 members (excludes halogenated alkanes) is 1. The van der Waals surface area contributed by atoms with Crippen LogP contribution in [0.4, 0.5) is 8.63 Å². The number of epoxide rings is 1. The van der Waals surface area contributed by atoms with Crippen molar-refractivity contribution in [1.82, 2.24) is 40.3 Å². The maximum atomic E-state index is 14.5. The number of nitrogens with zero attached hydrogens (tertiary/aromatic N) is 6. The lowest BCUT2D eigenvalue weighted by Gasteiger charge is -2.42. The molecule has 0 radical (unpaired) electrons. The number of ketones is 1. The van der Waals surface area contributed by atoms with Crippen molar-refractivity contribution in [3.8, 4) is 5.75 Å². The van der Waals surface area contributed by atoms with Crippen LogP contribution in [0.5, 0.6) is 5.75 Å². The molecule has 3 N–H and O–H groups in total. The normalized spacial score (nSPS) is 23.6. The van der Waals surface area contributed by atoms with Gasteiger partial charge in [0.05, 0.1) is 50.3 Å². The second-order valence-electron chi connectivity index (χ2n) is 21.6. The van der Waals surface area contributed by atoms with Gasteiger partial charge in [-0.2, -0.15) is 0 Å². The van der Waals surface area contributed by atoms with E-state index in [0.717, 1.165) is 76.0 Å². The largest absolute Gasteiger partial charge is 0.677 e. The highest BCUT2D eigenvalue weighted by Gasteiger charge is 2.51. The van der Waals surface area contributed by atoms with Crippen LogP contribution in [0.3, 0.4) is 0 Å². The zero-order chi connectivity index (χ0) is 52.5. The molecule has 400 valence electrons. The molecular weight excluding hydrogens is 947 g/mol. The molecule has 4 fully saturated rings. The molecule has 1 aromatic carbocycles. The number of morpholine rings is 1. The van der Waals surface area contributed by atoms with Crippen molar-refractivity contribution in [1.29, 1.82) is 0 Å². The van der Waals surface area contributed by atoms with Crippen LogP contribution in [0.15, 0.2) is 58.9 Å². The predicted octanol–water partition coefficient (Wildman–Crippen LogP) is 6.80. The van der Waals surface area contributed by atoms with Crippen molar-refractivity contribution in [3.05, 3.63) is 82.1 Å². The second-order valence-corrected chi connectivity index (χ2v) is 21.6. The first-order valence-corrected chi connectivity index (χ1v) is 27.0. The van der Waals surface area contributed by atoms with Crippen LogP contribution in [-0.2, 0) is 48.0 Å². The maximum absolute atomic E-state index is 14.5. The van der Waals surface area contributed by atoms with Gasteiger partial charge in [0, 0.05) is 48.4 Å². The summed E-state index contributed by atoms with van der Waals surface area (Å²) in [5.41, 5.74) is 5.95. The molecule has 2 aliphatic carbocycles. The van der Waals surface area contributed by atoms with Gasteiger partial charge in [0.2, 0.25) is 17.7 Å². The molecule has 16 nitrogen and oxygen atoms in total. The SMILES string of the molecule is CC1=CC(C)=N/C1=C(/CCCCc1cn(CCOc2ccc(C[C@H](NC(=O)[C@H](C)NC(=O)CN3CCOCC3)C(=O)N[C@@H](CC3CCCC4CCCCC43)C(=O)[C@@]3(C)CO3)cc2)nn1)c1c(C)cc(C)n1B(F)F. The molecule has 8 rings (SSSR count). The summed E-state index contributed by atoms with van der Waals surface area (Å²) in [6, 6.07) is 6.39. The van der Waals surface area contributed by atoms with Gasteiger partial charge < -0.3 is 34.6 Å². The van der Waals surface area contributed by atoms with Crippen LogP contribution in [-0.4, -0.2) is 131 Å². The molecule has 3 aliphatic heterocycles. The van der Waals surface area contributed by atoms with Crippen LogP contribution in [0.1, 0.15) is 127 Å². The topological polar surface area (TPSA) is 187 Å². The number of carbonyl (C=O) groups is 4. The second kappa shape index (κ2) is 24.9. The number of carbonyl (C=O) groups excluding carboxylic acids is 4. The van der Waals surface area contributed by atoms with Crippen molar-refractivity contribution in [3.63, 3.8) is 0 Å². The molecule has 0 bridgehead atoms. The highest BCUT2D eigenvalue weighted by molar-refractivity contribution is 6.41. The summed E-state index contributed by atoms with van der Waals surface area (Å²) in [5, 5.41) is 17.5. The van der Waals surface area contributed by atoms with E-state index < -0.39 is 42.9 Å². The van der Waals surface area contributed by atoms with Gasteiger partial charge in [-0.15, -0.1) is 5.10 Å². The van der Waals surface area contributed by atoms with Gasteiger partial charge in [0.25, 0.3) is 0 Å². The number of hydrogen-bond acceptors (Lipinski definition) is 11. The lowest BCUT2D eigenvalue weighted by atomic mass is 9.64. The number of aryl methyl sites for hydroxylation is 3. The molecule has 74 heavy (non-hydrogen) atoms. The molecule has 3 amide bonds. The summed E-state index contributed by atoms with van der Waals surface area (Å²) in [7, 11) is -2.66. The van der Waals surface area contributed by atoms with Gasteiger partial charge in [-0.25, -0.2) is 4.68 Å². The van der Waals surface area contributed by atoms with E-state index in [1.165, 1.54) is 25.7 Å². The number of rotatable bonds is 24. The number of allylic oxidation sites excluding steroid dienone is 3. The van der Waals surface area contributed by atoms with Gasteiger partial charge in [0.1, 0.15) is 30.0 Å². The molecule has 0 spiro atoms. The highest BCUT2D eigenvalue weighted by Crippen LogP contribution is 2.46. The quantitative estimate of drug-likeness (QED) is 0.0490. The molecule has 2 saturated carbocycles. The molecule has 5 aliphatic rings. The lowest BCUT2D eigenvalue weighted by molar-refractivity contribution is -0.134. The number of aliphatic imine (C=N–C) groups is 1. The van der Waals surface area contributed by atoms with E-state index in [0.29, 0.717) is 100 Å². The highest BCUT2D eigenvalue weighted by atomic mass is 19.2. The summed E-state index contributed by atoms with van der Waals surface area (Å²) < 4.78 is 48.6. The Labute approximate surface area is 435 Å². The minimum absolute atomic E-state index is 0.127. The molecule has 2 saturated heterocycles. The Balaban J connectivity index is 0.869. The number of nitrogens with one attached hydrogen (secondary N) is 3. The van der Waals surface area contributed by atoms with Crippen molar-refractivity contribution in [2.24, 2.45) is 22.7 Å². The lowest BCUT2D eigenvalue weighted by Crippen LogP contribution is -2.57. The molecule has 7 atom stereocenters. The van der Waals surface area contributed by atoms with Crippen molar-refractivity contribution >= 4 is 42.2 Å². The minimum Gasteiger partial charge on any atom is -0.492 e. The summed E-state index contributed by atoms with van der Waals surface area (Å²) in [6.07, 6.45) is 15.5. The number of halogens is 2. The Morgan fingerprint density at radius 1 is 0.932 bits per heavy atom. The average Bonchev–Trinajstić information content (AvgIpc) is 3.63. The third-order valence-electron chi connectivity index (χ3n) is 15.8. The van der Waals surface area contributed by atoms with Crippen LogP contribution in [0, 0.1) is 31.6 Å². The van der Waals surface area contributed by atoms with E-state index in [1.54, 1.807) is 31.5 Å². The van der Waals surface area contributed by atoms with Crippen LogP contribution in [0.25, 0.3) is 5.57 Å². The van der Waals surface area contributed by atoms with Gasteiger partial charge in [0.15, 0.2) is 5.78 Å². The molecule has 3 unspecified atom stereocenters. The number of benzene rings is 1. The number of hydrogen-bond donors (Lipinski definition) is 3. The van der Waals surface area contributed by atoms with E-state index >= 15 is 0 Å².